The predicted octanol–water partition coefficient (Wildman–Crippen LogP) is 1.34. The van der Waals surface area contributed by atoms with Crippen LogP contribution in [0.3, 0.4) is 0 Å². The molecule has 0 aliphatic carbocycles. The molecule has 21 heavy (non-hydrogen) atoms. The molecule has 0 radical (unpaired) electrons. The van der Waals surface area contributed by atoms with E-state index in [0.717, 1.165) is 6.26 Å². The number of nitrogens with one attached hydrogen (secondary N) is 2. The molecular weight excluding hydrogens is 298 g/mol. The van der Waals surface area contributed by atoms with E-state index in [-0.39, 0.29) is 12.2 Å². The minimum atomic E-state index is -3.37. The molecule has 0 spiro atoms. The zero-order valence-electron chi connectivity index (χ0n) is 12.3. The zero-order valence-corrected chi connectivity index (χ0v) is 13.2. The van der Waals surface area contributed by atoms with Crippen molar-refractivity contribution in [3.05, 3.63) is 28.3 Å². The standard InChI is InChI=1S/C12H19N3O5S/c1-12(2,14-21(4,18)19)8-13-10-6-5-9(20-3)7-11(10)15(16)17/h5-7,13-14H,8H2,1-4H3. The minimum absolute atomic E-state index is 0.135. The van der Waals surface area contributed by atoms with Gasteiger partial charge >= 0.3 is 0 Å². The third-order valence-corrected chi connectivity index (χ3v) is 3.51. The van der Waals surface area contributed by atoms with Crippen LogP contribution < -0.4 is 14.8 Å². The van der Waals surface area contributed by atoms with E-state index in [1.807, 2.05) is 0 Å². The molecule has 0 heterocycles. The first-order valence-corrected chi connectivity index (χ1v) is 7.98. The van der Waals surface area contributed by atoms with Gasteiger partial charge in [-0.1, -0.05) is 0 Å². The number of hydrogen-bond acceptors (Lipinski definition) is 6. The predicted molar refractivity (Wildman–Crippen MR) is 80.2 cm³/mol. The van der Waals surface area contributed by atoms with E-state index in [1.54, 1.807) is 19.9 Å². The molecule has 2 N–H and O–H groups in total. The third-order valence-electron chi connectivity index (χ3n) is 2.58. The van der Waals surface area contributed by atoms with Crippen molar-refractivity contribution in [1.29, 1.82) is 0 Å². The number of nitro groups is 1. The van der Waals surface area contributed by atoms with Crippen LogP contribution in [0.25, 0.3) is 0 Å². The molecule has 0 amide bonds. The van der Waals surface area contributed by atoms with Crippen LogP contribution in [-0.2, 0) is 10.0 Å². The summed E-state index contributed by atoms with van der Waals surface area (Å²) in [7, 11) is -1.95. The lowest BCUT2D eigenvalue weighted by atomic mass is 10.1. The van der Waals surface area contributed by atoms with Crippen molar-refractivity contribution < 1.29 is 18.1 Å². The first-order chi connectivity index (χ1) is 9.54. The van der Waals surface area contributed by atoms with Gasteiger partial charge in [0, 0.05) is 12.1 Å². The molecule has 0 aliphatic rings. The first kappa shape index (κ1) is 17.2. The Hall–Kier alpha value is -1.87. The molecule has 1 rings (SSSR count). The lowest BCUT2D eigenvalue weighted by Gasteiger charge is -2.25. The van der Waals surface area contributed by atoms with E-state index < -0.39 is 20.5 Å². The molecule has 0 saturated heterocycles. The highest BCUT2D eigenvalue weighted by molar-refractivity contribution is 7.88. The quantitative estimate of drug-likeness (QED) is 0.580. The van der Waals surface area contributed by atoms with E-state index >= 15 is 0 Å². The summed E-state index contributed by atoms with van der Waals surface area (Å²) < 4.78 is 29.9. The molecule has 0 aliphatic heterocycles. The van der Waals surface area contributed by atoms with Gasteiger partial charge in [-0.15, -0.1) is 0 Å². The largest absolute Gasteiger partial charge is 0.496 e. The summed E-state index contributed by atoms with van der Waals surface area (Å²) in [6.45, 7) is 3.54. The fourth-order valence-corrected chi connectivity index (χ4v) is 2.87. The molecule has 0 saturated carbocycles. The van der Waals surface area contributed by atoms with Crippen LogP contribution in [0.5, 0.6) is 5.75 Å². The lowest BCUT2D eigenvalue weighted by Crippen LogP contribution is -2.47. The number of ether oxygens (including phenoxy) is 1. The Bertz CT molecular complexity index is 628. The number of methoxy groups -OCH3 is 1. The van der Waals surface area contributed by atoms with Crippen molar-refractivity contribution >= 4 is 21.4 Å². The molecule has 0 bridgehead atoms. The SMILES string of the molecule is COc1ccc(NCC(C)(C)NS(C)(=O)=O)c([N+](=O)[O-])c1. The van der Waals surface area contributed by atoms with E-state index in [1.165, 1.54) is 19.2 Å². The maximum atomic E-state index is 11.3. The smallest absolute Gasteiger partial charge is 0.296 e. The molecule has 0 fully saturated rings. The van der Waals surface area contributed by atoms with E-state index in [2.05, 4.69) is 10.0 Å². The van der Waals surface area contributed by atoms with E-state index in [4.69, 9.17) is 4.74 Å². The Balaban J connectivity index is 2.91. The number of sulfonamides is 1. The average Bonchev–Trinajstić information content (AvgIpc) is 2.33. The maximum absolute atomic E-state index is 11.3. The molecule has 0 aromatic heterocycles. The van der Waals surface area contributed by atoms with Gasteiger partial charge in [0.1, 0.15) is 11.4 Å². The van der Waals surface area contributed by atoms with Crippen molar-refractivity contribution in [1.82, 2.24) is 4.72 Å². The van der Waals surface area contributed by atoms with E-state index in [0.29, 0.717) is 11.4 Å². The highest BCUT2D eigenvalue weighted by atomic mass is 32.2. The summed E-state index contributed by atoms with van der Waals surface area (Å²) in [5.41, 5.74) is -0.629. The Kier molecular flexibility index (Phi) is 5.13. The highest BCUT2D eigenvalue weighted by Gasteiger charge is 2.23. The van der Waals surface area contributed by atoms with Gasteiger partial charge in [-0.05, 0) is 26.0 Å². The van der Waals surface area contributed by atoms with Gasteiger partial charge in [0.15, 0.2) is 0 Å². The number of nitrogens with zero attached hydrogens (tertiary/aromatic N) is 1. The van der Waals surface area contributed by atoms with Crippen molar-refractivity contribution in [2.24, 2.45) is 0 Å². The Morgan fingerprint density at radius 3 is 2.48 bits per heavy atom. The van der Waals surface area contributed by atoms with Crippen LogP contribution >= 0.6 is 0 Å². The summed E-state index contributed by atoms with van der Waals surface area (Å²) in [5.74, 6) is 0.376. The number of nitro benzene ring substituents is 1. The second kappa shape index (κ2) is 6.27. The van der Waals surface area contributed by atoms with Gasteiger partial charge in [0.25, 0.3) is 5.69 Å². The third kappa shape index (κ3) is 5.56. The van der Waals surface area contributed by atoms with Gasteiger partial charge in [-0.2, -0.15) is 0 Å². The summed E-state index contributed by atoms with van der Waals surface area (Å²) >= 11 is 0. The molecular formula is C12H19N3O5S. The molecule has 9 heteroatoms. The van der Waals surface area contributed by atoms with Gasteiger partial charge in [-0.25, -0.2) is 13.1 Å². The topological polar surface area (TPSA) is 111 Å². The minimum Gasteiger partial charge on any atom is -0.496 e. The molecule has 1 aromatic carbocycles. The summed E-state index contributed by atoms with van der Waals surface area (Å²) in [6, 6.07) is 4.42. The molecule has 0 atom stereocenters. The summed E-state index contributed by atoms with van der Waals surface area (Å²) in [6.07, 6.45) is 1.06. The maximum Gasteiger partial charge on any atom is 0.296 e. The van der Waals surface area contributed by atoms with Gasteiger partial charge in [0.2, 0.25) is 10.0 Å². The van der Waals surface area contributed by atoms with Crippen LogP contribution in [0.1, 0.15) is 13.8 Å². The van der Waals surface area contributed by atoms with Gasteiger partial charge in [-0.3, -0.25) is 10.1 Å². The molecule has 1 aromatic rings. The molecule has 8 nitrogen and oxygen atoms in total. The van der Waals surface area contributed by atoms with Gasteiger partial charge < -0.3 is 10.1 Å². The number of hydrogen-bond donors (Lipinski definition) is 2. The van der Waals surface area contributed by atoms with Crippen LogP contribution in [0.15, 0.2) is 18.2 Å². The number of benzene rings is 1. The van der Waals surface area contributed by atoms with Crippen LogP contribution in [-0.4, -0.2) is 38.8 Å². The number of rotatable bonds is 7. The average molecular weight is 317 g/mol. The monoisotopic (exact) mass is 317 g/mol. The summed E-state index contributed by atoms with van der Waals surface area (Å²) in [5, 5.41) is 13.9. The van der Waals surface area contributed by atoms with Crippen molar-refractivity contribution in [3.8, 4) is 5.75 Å². The second-order valence-electron chi connectivity index (χ2n) is 5.25. The van der Waals surface area contributed by atoms with Crippen molar-refractivity contribution in [2.45, 2.75) is 19.4 Å². The fraction of sp³-hybridized carbons (Fsp3) is 0.500. The number of anilines is 1. The normalized spacial score (nSPS) is 12.0. The van der Waals surface area contributed by atoms with Gasteiger partial charge in [0.05, 0.1) is 24.4 Å². The van der Waals surface area contributed by atoms with Crippen LogP contribution in [0.2, 0.25) is 0 Å². The first-order valence-electron chi connectivity index (χ1n) is 6.09. The van der Waals surface area contributed by atoms with Crippen molar-refractivity contribution in [3.63, 3.8) is 0 Å². The fourth-order valence-electron chi connectivity index (χ4n) is 1.79. The molecule has 0 unspecified atom stereocenters. The van der Waals surface area contributed by atoms with E-state index in [9.17, 15) is 18.5 Å². The van der Waals surface area contributed by atoms with Crippen LogP contribution in [0.4, 0.5) is 11.4 Å². The Morgan fingerprint density at radius 2 is 2.00 bits per heavy atom. The molecule has 118 valence electrons. The Morgan fingerprint density at radius 1 is 1.38 bits per heavy atom. The lowest BCUT2D eigenvalue weighted by molar-refractivity contribution is -0.384. The zero-order chi connectivity index (χ0) is 16.3. The second-order valence-corrected chi connectivity index (χ2v) is 7.00. The highest BCUT2D eigenvalue weighted by Crippen LogP contribution is 2.29. The van der Waals surface area contributed by atoms with Crippen molar-refractivity contribution in [2.75, 3.05) is 25.2 Å². The summed E-state index contributed by atoms with van der Waals surface area (Å²) in [4.78, 5) is 10.5. The Labute approximate surface area is 123 Å². The van der Waals surface area contributed by atoms with Crippen LogP contribution in [0, 0.1) is 10.1 Å².